The number of carboxylic acids is 1. The molecule has 0 spiro atoms. The van der Waals surface area contributed by atoms with Crippen LogP contribution in [0, 0.1) is 18.7 Å². The van der Waals surface area contributed by atoms with Gasteiger partial charge in [0.25, 0.3) is 6.10 Å². The molecule has 3 rings (SSSR count). The van der Waals surface area contributed by atoms with Crippen LogP contribution in [0.2, 0.25) is 0 Å². The number of anilines is 1. The number of carbonyl (C=O) groups is 2. The van der Waals surface area contributed by atoms with Gasteiger partial charge < -0.3 is 19.6 Å². The quantitative estimate of drug-likeness (QED) is 0.578. The van der Waals surface area contributed by atoms with E-state index in [0.717, 1.165) is 10.6 Å². The molecule has 1 aromatic rings. The maximum atomic E-state index is 14.4. The molecule has 2 aliphatic heterocycles. The van der Waals surface area contributed by atoms with Gasteiger partial charge in [0, 0.05) is 51.5 Å². The lowest BCUT2D eigenvalue weighted by atomic mass is 9.95. The molecule has 0 aliphatic carbocycles. The standard InChI is InChI=1S/C22H26F7N3O4/c1-13-10-17(31-4-2-14(3-5-31)18(33)34)15(11-16(13)23)12-30-6-8-32(9-7-30)20(35)36-19(21(24,25)26)22(27,28)29/h10-11,14,19H,2-9,12H2,1H3,(H,33,34). The first-order valence-electron chi connectivity index (χ1n) is 11.2. The molecule has 36 heavy (non-hydrogen) atoms. The second kappa shape index (κ2) is 10.7. The Balaban J connectivity index is 1.63. The van der Waals surface area contributed by atoms with Crippen LogP contribution in [0.25, 0.3) is 0 Å². The van der Waals surface area contributed by atoms with Gasteiger partial charge >= 0.3 is 24.4 Å². The fourth-order valence-corrected chi connectivity index (χ4v) is 4.32. The number of nitrogens with zero attached hydrogens (tertiary/aromatic N) is 3. The molecule has 14 heteroatoms. The van der Waals surface area contributed by atoms with Gasteiger partial charge in [0.1, 0.15) is 5.82 Å². The number of aryl methyl sites for hydroxylation is 1. The van der Waals surface area contributed by atoms with Gasteiger partial charge in [0.15, 0.2) is 0 Å². The number of hydrogen-bond donors (Lipinski definition) is 1. The summed E-state index contributed by atoms with van der Waals surface area (Å²) in [7, 11) is 0. The van der Waals surface area contributed by atoms with Gasteiger partial charge in [-0.15, -0.1) is 0 Å². The summed E-state index contributed by atoms with van der Waals surface area (Å²) in [5, 5.41) is 9.21. The van der Waals surface area contributed by atoms with Crippen molar-refractivity contribution in [2.75, 3.05) is 44.2 Å². The number of carboxylic acid groups (broad SMARTS) is 1. The van der Waals surface area contributed by atoms with Crippen LogP contribution < -0.4 is 4.90 Å². The lowest BCUT2D eigenvalue weighted by Crippen LogP contribution is -2.52. The molecule has 0 radical (unpaired) electrons. The first-order chi connectivity index (χ1) is 16.7. The molecule has 1 amide bonds. The number of aliphatic carboxylic acids is 1. The van der Waals surface area contributed by atoms with Gasteiger partial charge in [0.05, 0.1) is 5.92 Å². The summed E-state index contributed by atoms with van der Waals surface area (Å²) < 4.78 is 94.1. The van der Waals surface area contributed by atoms with Crippen molar-refractivity contribution in [1.29, 1.82) is 0 Å². The summed E-state index contributed by atoms with van der Waals surface area (Å²) in [6, 6.07) is 3.04. The molecule has 2 aliphatic rings. The number of benzene rings is 1. The van der Waals surface area contributed by atoms with Gasteiger partial charge in [-0.3, -0.25) is 9.69 Å². The van der Waals surface area contributed by atoms with Crippen LogP contribution in [0.4, 0.5) is 41.2 Å². The van der Waals surface area contributed by atoms with E-state index >= 15 is 0 Å². The van der Waals surface area contributed by atoms with E-state index in [1.54, 1.807) is 17.9 Å². The molecule has 0 unspecified atom stereocenters. The van der Waals surface area contributed by atoms with E-state index in [9.17, 15) is 45.4 Å². The number of hydrogen-bond acceptors (Lipinski definition) is 5. The van der Waals surface area contributed by atoms with E-state index in [1.165, 1.54) is 6.07 Å². The molecule has 2 saturated heterocycles. The average Bonchev–Trinajstić information content (AvgIpc) is 2.78. The Morgan fingerprint density at radius 1 is 1.00 bits per heavy atom. The van der Waals surface area contributed by atoms with E-state index < -0.39 is 42.3 Å². The highest BCUT2D eigenvalue weighted by atomic mass is 19.4. The Kier molecular flexibility index (Phi) is 8.26. The van der Waals surface area contributed by atoms with Gasteiger partial charge in [-0.2, -0.15) is 26.3 Å². The minimum atomic E-state index is -5.79. The minimum absolute atomic E-state index is 0.119. The van der Waals surface area contributed by atoms with E-state index in [0.29, 0.717) is 37.1 Å². The molecule has 2 heterocycles. The van der Waals surface area contributed by atoms with Crippen molar-refractivity contribution >= 4 is 17.7 Å². The molecular formula is C22H26F7N3O4. The summed E-state index contributed by atoms with van der Waals surface area (Å²) in [6.45, 7) is 2.65. The van der Waals surface area contributed by atoms with Crippen molar-refractivity contribution < 1.29 is 50.2 Å². The first kappa shape index (κ1) is 27.8. The van der Waals surface area contributed by atoms with Crippen LogP contribution in [-0.2, 0) is 16.1 Å². The van der Waals surface area contributed by atoms with E-state index in [4.69, 9.17) is 0 Å². The zero-order chi connectivity index (χ0) is 26.8. The lowest BCUT2D eigenvalue weighted by Gasteiger charge is -2.37. The smallest absolute Gasteiger partial charge is 0.434 e. The largest absolute Gasteiger partial charge is 0.481 e. The van der Waals surface area contributed by atoms with E-state index in [2.05, 4.69) is 4.74 Å². The van der Waals surface area contributed by atoms with Gasteiger partial charge in [0.2, 0.25) is 0 Å². The topological polar surface area (TPSA) is 73.3 Å². The summed E-state index contributed by atoms with van der Waals surface area (Å²) in [6.07, 6.45) is -16.6. The molecule has 0 aromatic heterocycles. The highest BCUT2D eigenvalue weighted by Gasteiger charge is 2.60. The van der Waals surface area contributed by atoms with Crippen molar-refractivity contribution in [1.82, 2.24) is 9.80 Å². The fourth-order valence-electron chi connectivity index (χ4n) is 4.32. The van der Waals surface area contributed by atoms with Gasteiger partial charge in [-0.25, -0.2) is 9.18 Å². The number of amides is 1. The summed E-state index contributed by atoms with van der Waals surface area (Å²) in [5.74, 6) is -1.76. The zero-order valence-corrected chi connectivity index (χ0v) is 19.3. The molecular weight excluding hydrogens is 503 g/mol. The van der Waals surface area contributed by atoms with Crippen LogP contribution in [-0.4, -0.2) is 84.7 Å². The van der Waals surface area contributed by atoms with Crippen LogP contribution in [0.3, 0.4) is 0 Å². The molecule has 2 fully saturated rings. The molecule has 0 bridgehead atoms. The minimum Gasteiger partial charge on any atom is -0.481 e. The number of alkyl halides is 6. The molecule has 1 N–H and O–H groups in total. The Morgan fingerprint density at radius 2 is 1.56 bits per heavy atom. The van der Waals surface area contributed by atoms with Crippen molar-refractivity contribution in [2.24, 2.45) is 5.92 Å². The SMILES string of the molecule is Cc1cc(N2CCC(C(=O)O)CC2)c(CN2CCN(C(=O)OC(C(F)(F)F)C(F)(F)F)CC2)cc1F. The zero-order valence-electron chi connectivity index (χ0n) is 19.3. The maximum Gasteiger partial charge on any atom is 0.434 e. The van der Waals surface area contributed by atoms with E-state index in [-0.39, 0.29) is 32.7 Å². The number of rotatable bonds is 5. The normalized spacial score (nSPS) is 18.6. The van der Waals surface area contributed by atoms with Crippen LogP contribution in [0.15, 0.2) is 12.1 Å². The monoisotopic (exact) mass is 529 g/mol. The van der Waals surface area contributed by atoms with Gasteiger partial charge in [-0.1, -0.05) is 0 Å². The summed E-state index contributed by atoms with van der Waals surface area (Å²) in [4.78, 5) is 27.8. The Morgan fingerprint density at radius 3 is 2.06 bits per heavy atom. The second-order valence-electron chi connectivity index (χ2n) is 8.94. The Labute approximate surface area is 202 Å². The predicted molar refractivity (Wildman–Crippen MR) is 113 cm³/mol. The predicted octanol–water partition coefficient (Wildman–Crippen LogP) is 4.18. The van der Waals surface area contributed by atoms with E-state index in [1.807, 2.05) is 4.90 Å². The van der Waals surface area contributed by atoms with Crippen molar-refractivity contribution in [2.45, 2.75) is 44.8 Å². The summed E-state index contributed by atoms with van der Waals surface area (Å²) in [5.41, 5.74) is 1.75. The van der Waals surface area contributed by atoms with Crippen LogP contribution in [0.5, 0.6) is 0 Å². The fraction of sp³-hybridized carbons (Fsp3) is 0.636. The third-order valence-electron chi connectivity index (χ3n) is 6.38. The highest BCUT2D eigenvalue weighted by molar-refractivity contribution is 5.70. The number of halogens is 7. The number of piperazine rings is 1. The maximum absolute atomic E-state index is 14.4. The van der Waals surface area contributed by atoms with Crippen molar-refractivity contribution in [3.63, 3.8) is 0 Å². The van der Waals surface area contributed by atoms with Crippen molar-refractivity contribution in [3.05, 3.63) is 29.1 Å². The third kappa shape index (κ3) is 6.71. The molecule has 0 saturated carbocycles. The molecule has 7 nitrogen and oxygen atoms in total. The number of piperidine rings is 1. The van der Waals surface area contributed by atoms with Crippen molar-refractivity contribution in [3.8, 4) is 0 Å². The molecule has 1 aromatic carbocycles. The first-order valence-corrected chi connectivity index (χ1v) is 11.2. The Bertz CT molecular complexity index is 940. The third-order valence-corrected chi connectivity index (χ3v) is 6.38. The lowest BCUT2D eigenvalue weighted by molar-refractivity contribution is -0.308. The highest BCUT2D eigenvalue weighted by Crippen LogP contribution is 2.36. The van der Waals surface area contributed by atoms with Crippen LogP contribution >= 0.6 is 0 Å². The summed E-state index contributed by atoms with van der Waals surface area (Å²) >= 11 is 0. The molecule has 0 atom stereocenters. The molecule has 202 valence electrons. The number of carbonyl (C=O) groups excluding carboxylic acids is 1. The average molecular weight is 529 g/mol. The number of ether oxygens (including phenoxy) is 1. The van der Waals surface area contributed by atoms with Crippen LogP contribution in [0.1, 0.15) is 24.0 Å². The second-order valence-corrected chi connectivity index (χ2v) is 8.94. The Hall–Kier alpha value is -2.77. The van der Waals surface area contributed by atoms with Gasteiger partial charge in [-0.05, 0) is 43.0 Å².